The van der Waals surface area contributed by atoms with Crippen molar-refractivity contribution in [2.45, 2.75) is 18.3 Å². The maximum absolute atomic E-state index is 12.6. The fourth-order valence-electron chi connectivity index (χ4n) is 1.28. The number of halogens is 1. The molecule has 1 aromatic heterocycles. The van der Waals surface area contributed by atoms with E-state index < -0.39 is 0 Å². The predicted molar refractivity (Wildman–Crippen MR) is 42.3 cm³/mol. The first kappa shape index (κ1) is 7.25. The summed E-state index contributed by atoms with van der Waals surface area (Å²) in [5.74, 6) is 0. The van der Waals surface area contributed by atoms with Crippen LogP contribution in [0.5, 0.6) is 0 Å². The van der Waals surface area contributed by atoms with Crippen LogP contribution in [0, 0.1) is 5.13 Å². The SMILES string of the molecule is OCC1(c2csc(F)c2)CC1. The Morgan fingerprint density at radius 1 is 1.64 bits per heavy atom. The lowest BCUT2D eigenvalue weighted by Gasteiger charge is -2.07. The molecule has 1 heterocycles. The summed E-state index contributed by atoms with van der Waals surface area (Å²) >= 11 is 1.11. The van der Waals surface area contributed by atoms with Crippen LogP contribution in [0.3, 0.4) is 0 Å². The molecule has 60 valence electrons. The van der Waals surface area contributed by atoms with Crippen molar-refractivity contribution in [2.24, 2.45) is 0 Å². The summed E-state index contributed by atoms with van der Waals surface area (Å²) in [6.45, 7) is 0.156. The minimum Gasteiger partial charge on any atom is -0.395 e. The molecule has 0 radical (unpaired) electrons. The fourth-order valence-corrected chi connectivity index (χ4v) is 2.03. The van der Waals surface area contributed by atoms with Crippen LogP contribution in [0.4, 0.5) is 4.39 Å². The van der Waals surface area contributed by atoms with Crippen molar-refractivity contribution >= 4 is 11.3 Å². The Balaban J connectivity index is 2.29. The van der Waals surface area contributed by atoms with E-state index in [4.69, 9.17) is 5.11 Å². The van der Waals surface area contributed by atoms with Crippen LogP contribution in [0.2, 0.25) is 0 Å². The Morgan fingerprint density at radius 2 is 2.36 bits per heavy atom. The van der Waals surface area contributed by atoms with E-state index in [0.29, 0.717) is 0 Å². The summed E-state index contributed by atoms with van der Waals surface area (Å²) in [5, 5.41) is 10.7. The summed E-state index contributed by atoms with van der Waals surface area (Å²) in [4.78, 5) is 0. The molecule has 0 bridgehead atoms. The molecular weight excluding hydrogens is 163 g/mol. The highest BCUT2D eigenvalue weighted by Gasteiger charge is 2.44. The molecule has 0 unspecified atom stereocenters. The highest BCUT2D eigenvalue weighted by molar-refractivity contribution is 7.08. The van der Waals surface area contributed by atoms with E-state index in [2.05, 4.69) is 0 Å². The molecule has 3 heteroatoms. The lowest BCUT2D eigenvalue weighted by Crippen LogP contribution is -2.10. The van der Waals surface area contributed by atoms with Gasteiger partial charge in [-0.15, -0.1) is 11.3 Å². The standard InChI is InChI=1S/C8H9FOS/c9-7-3-6(4-11-7)8(5-10)1-2-8/h3-4,10H,1-2,5H2. The van der Waals surface area contributed by atoms with Crippen molar-refractivity contribution in [3.8, 4) is 0 Å². The number of thiophene rings is 1. The van der Waals surface area contributed by atoms with E-state index in [0.717, 1.165) is 29.7 Å². The van der Waals surface area contributed by atoms with Gasteiger partial charge in [0.05, 0.1) is 6.61 Å². The van der Waals surface area contributed by atoms with Gasteiger partial charge < -0.3 is 5.11 Å². The molecule has 1 N–H and O–H groups in total. The average molecular weight is 172 g/mol. The number of hydrogen-bond donors (Lipinski definition) is 1. The molecule has 2 rings (SSSR count). The van der Waals surface area contributed by atoms with Gasteiger partial charge in [0.25, 0.3) is 0 Å². The van der Waals surface area contributed by atoms with Crippen LogP contribution >= 0.6 is 11.3 Å². The minimum atomic E-state index is -0.153. The van der Waals surface area contributed by atoms with E-state index in [1.54, 1.807) is 5.38 Å². The van der Waals surface area contributed by atoms with E-state index in [1.807, 2.05) is 0 Å². The Morgan fingerprint density at radius 3 is 2.73 bits per heavy atom. The molecule has 1 nitrogen and oxygen atoms in total. The quantitative estimate of drug-likeness (QED) is 0.722. The summed E-state index contributed by atoms with van der Waals surface area (Å²) in [6, 6.07) is 1.54. The molecule has 0 amide bonds. The molecule has 0 saturated heterocycles. The average Bonchev–Trinajstić information content (AvgIpc) is 2.70. The smallest absolute Gasteiger partial charge is 0.176 e. The Bertz CT molecular complexity index is 265. The molecule has 0 aliphatic heterocycles. The van der Waals surface area contributed by atoms with Gasteiger partial charge in [-0.3, -0.25) is 0 Å². The molecule has 0 atom stereocenters. The van der Waals surface area contributed by atoms with Gasteiger partial charge in [-0.1, -0.05) is 0 Å². The second-order valence-corrected chi connectivity index (χ2v) is 3.94. The first-order valence-electron chi connectivity index (χ1n) is 3.62. The lowest BCUT2D eigenvalue weighted by molar-refractivity contribution is 0.255. The number of aliphatic hydroxyl groups excluding tert-OH is 1. The van der Waals surface area contributed by atoms with E-state index >= 15 is 0 Å². The Kier molecular flexibility index (Phi) is 1.51. The molecule has 11 heavy (non-hydrogen) atoms. The largest absolute Gasteiger partial charge is 0.395 e. The van der Waals surface area contributed by atoms with Crippen molar-refractivity contribution in [2.75, 3.05) is 6.61 Å². The zero-order valence-electron chi connectivity index (χ0n) is 6.01. The molecule has 1 fully saturated rings. The maximum atomic E-state index is 12.6. The number of aliphatic hydroxyl groups is 1. The summed E-state index contributed by atoms with van der Waals surface area (Å²) < 4.78 is 12.6. The topological polar surface area (TPSA) is 20.2 Å². The van der Waals surface area contributed by atoms with Crippen molar-refractivity contribution < 1.29 is 9.50 Å². The zero-order valence-corrected chi connectivity index (χ0v) is 6.83. The van der Waals surface area contributed by atoms with Gasteiger partial charge in [0.1, 0.15) is 0 Å². The van der Waals surface area contributed by atoms with Gasteiger partial charge in [0.15, 0.2) is 5.13 Å². The number of rotatable bonds is 2. The maximum Gasteiger partial charge on any atom is 0.176 e. The van der Waals surface area contributed by atoms with Crippen molar-refractivity contribution in [3.05, 3.63) is 22.1 Å². The second kappa shape index (κ2) is 2.29. The summed E-state index contributed by atoms with van der Waals surface area (Å²) in [7, 11) is 0. The monoisotopic (exact) mass is 172 g/mol. The number of hydrogen-bond acceptors (Lipinski definition) is 2. The molecule has 1 aliphatic rings. The van der Waals surface area contributed by atoms with Crippen LogP contribution in [0.25, 0.3) is 0 Å². The van der Waals surface area contributed by atoms with Crippen LogP contribution in [0.15, 0.2) is 11.4 Å². The highest BCUT2D eigenvalue weighted by Crippen LogP contribution is 2.48. The molecule has 1 aliphatic carbocycles. The lowest BCUT2D eigenvalue weighted by atomic mass is 10.0. The molecule has 1 saturated carbocycles. The van der Waals surface area contributed by atoms with E-state index in [-0.39, 0.29) is 17.2 Å². The first-order chi connectivity index (χ1) is 5.27. The van der Waals surface area contributed by atoms with Crippen molar-refractivity contribution in [3.63, 3.8) is 0 Å². The van der Waals surface area contributed by atoms with Gasteiger partial charge in [-0.05, 0) is 29.9 Å². The molecular formula is C8H9FOS. The molecule has 1 aromatic rings. The fraction of sp³-hybridized carbons (Fsp3) is 0.500. The third kappa shape index (κ3) is 1.08. The minimum absolute atomic E-state index is 0.0686. The normalized spacial score (nSPS) is 20.2. The molecule has 0 aromatic carbocycles. The summed E-state index contributed by atoms with van der Waals surface area (Å²) in [5.41, 5.74) is 0.906. The predicted octanol–water partition coefficient (Wildman–Crippen LogP) is 1.91. The highest BCUT2D eigenvalue weighted by atomic mass is 32.1. The molecule has 0 spiro atoms. The van der Waals surface area contributed by atoms with Crippen LogP contribution in [-0.2, 0) is 5.41 Å². The van der Waals surface area contributed by atoms with Gasteiger partial charge in [0.2, 0.25) is 0 Å². The van der Waals surface area contributed by atoms with Crippen molar-refractivity contribution in [1.82, 2.24) is 0 Å². The van der Waals surface area contributed by atoms with Gasteiger partial charge in [-0.25, -0.2) is 0 Å². The van der Waals surface area contributed by atoms with E-state index in [9.17, 15) is 4.39 Å². The van der Waals surface area contributed by atoms with Crippen LogP contribution < -0.4 is 0 Å². The Hall–Kier alpha value is -0.410. The van der Waals surface area contributed by atoms with E-state index in [1.165, 1.54) is 6.07 Å². The van der Waals surface area contributed by atoms with Crippen molar-refractivity contribution in [1.29, 1.82) is 0 Å². The van der Waals surface area contributed by atoms with Gasteiger partial charge in [0, 0.05) is 5.41 Å². The van der Waals surface area contributed by atoms with Crippen LogP contribution in [0.1, 0.15) is 18.4 Å². The van der Waals surface area contributed by atoms with Gasteiger partial charge >= 0.3 is 0 Å². The third-order valence-corrected chi connectivity index (χ3v) is 3.05. The second-order valence-electron chi connectivity index (χ2n) is 3.08. The summed E-state index contributed by atoms with van der Waals surface area (Å²) in [6.07, 6.45) is 2.00. The van der Waals surface area contributed by atoms with Crippen LogP contribution in [-0.4, -0.2) is 11.7 Å². The first-order valence-corrected chi connectivity index (χ1v) is 4.50. The zero-order chi connectivity index (χ0) is 7.90. The third-order valence-electron chi connectivity index (χ3n) is 2.34. The Labute approximate surface area is 68.5 Å². The van der Waals surface area contributed by atoms with Gasteiger partial charge in [-0.2, -0.15) is 4.39 Å².